The lowest BCUT2D eigenvalue weighted by molar-refractivity contribution is -0.141. The maximum absolute atomic E-state index is 10.5. The SMILES string of the molecule is CCCCCCCCCC[C@H](C)C(=O)O. The molecule has 0 bridgehead atoms. The van der Waals surface area contributed by atoms with Crippen LogP contribution < -0.4 is 0 Å². The molecule has 0 aliphatic carbocycles. The molecule has 0 aromatic rings. The summed E-state index contributed by atoms with van der Waals surface area (Å²) in [6.45, 7) is 4.02. The number of hydrogen-bond acceptors (Lipinski definition) is 1. The molecule has 0 aromatic carbocycles. The van der Waals surface area contributed by atoms with Crippen molar-refractivity contribution in [3.63, 3.8) is 0 Å². The van der Waals surface area contributed by atoms with Crippen LogP contribution in [0.15, 0.2) is 0 Å². The number of rotatable bonds is 10. The van der Waals surface area contributed by atoms with E-state index in [1.54, 1.807) is 6.92 Å². The van der Waals surface area contributed by atoms with E-state index in [9.17, 15) is 4.79 Å². The summed E-state index contributed by atoms with van der Waals surface area (Å²) in [5, 5.41) is 8.68. The molecular weight excluding hydrogens is 188 g/mol. The van der Waals surface area contributed by atoms with Crippen LogP contribution >= 0.6 is 0 Å². The largest absolute Gasteiger partial charge is 0.481 e. The molecule has 0 amide bonds. The van der Waals surface area contributed by atoms with Gasteiger partial charge in [-0.25, -0.2) is 0 Å². The first-order chi connectivity index (χ1) is 7.18. The van der Waals surface area contributed by atoms with Gasteiger partial charge in [0.2, 0.25) is 0 Å². The zero-order valence-corrected chi connectivity index (χ0v) is 10.3. The Kier molecular flexibility index (Phi) is 9.65. The summed E-state index contributed by atoms with van der Waals surface area (Å²) < 4.78 is 0. The predicted octanol–water partition coefficient (Wildman–Crippen LogP) is 4.24. The van der Waals surface area contributed by atoms with E-state index in [4.69, 9.17) is 5.11 Å². The van der Waals surface area contributed by atoms with Crippen molar-refractivity contribution < 1.29 is 9.90 Å². The van der Waals surface area contributed by atoms with E-state index in [1.807, 2.05) is 0 Å². The molecule has 15 heavy (non-hydrogen) atoms. The lowest BCUT2D eigenvalue weighted by Gasteiger charge is -2.05. The molecular formula is C13H26O2. The molecule has 0 fully saturated rings. The number of hydrogen-bond donors (Lipinski definition) is 1. The normalized spacial score (nSPS) is 12.7. The molecule has 2 nitrogen and oxygen atoms in total. The van der Waals surface area contributed by atoms with Crippen molar-refractivity contribution >= 4 is 5.97 Å². The summed E-state index contributed by atoms with van der Waals surface area (Å²) in [5.41, 5.74) is 0. The standard InChI is InChI=1S/C13H26O2/c1-3-4-5-6-7-8-9-10-11-12(2)13(14)15/h12H,3-11H2,1-2H3,(H,14,15)/t12-/m0/s1. The van der Waals surface area contributed by atoms with Crippen molar-refractivity contribution in [1.82, 2.24) is 0 Å². The van der Waals surface area contributed by atoms with Crippen LogP contribution in [0.25, 0.3) is 0 Å². The quantitative estimate of drug-likeness (QED) is 0.552. The van der Waals surface area contributed by atoms with Crippen LogP contribution in [0.3, 0.4) is 0 Å². The highest BCUT2D eigenvalue weighted by Crippen LogP contribution is 2.12. The van der Waals surface area contributed by atoms with E-state index >= 15 is 0 Å². The van der Waals surface area contributed by atoms with Gasteiger partial charge in [0.25, 0.3) is 0 Å². The fourth-order valence-electron chi connectivity index (χ4n) is 1.71. The second kappa shape index (κ2) is 10.0. The van der Waals surface area contributed by atoms with Crippen LogP contribution in [-0.2, 0) is 4.79 Å². The Balaban J connectivity index is 3.08. The smallest absolute Gasteiger partial charge is 0.306 e. The average molecular weight is 214 g/mol. The van der Waals surface area contributed by atoms with Gasteiger partial charge in [-0.2, -0.15) is 0 Å². The molecule has 2 heteroatoms. The van der Waals surface area contributed by atoms with Crippen LogP contribution in [0, 0.1) is 5.92 Å². The first-order valence-electron chi connectivity index (χ1n) is 6.41. The number of carbonyl (C=O) groups is 1. The van der Waals surface area contributed by atoms with Gasteiger partial charge in [-0.1, -0.05) is 65.2 Å². The molecule has 0 radical (unpaired) electrons. The second-order valence-electron chi connectivity index (χ2n) is 4.50. The van der Waals surface area contributed by atoms with Gasteiger partial charge in [0.15, 0.2) is 0 Å². The van der Waals surface area contributed by atoms with Crippen molar-refractivity contribution in [3.8, 4) is 0 Å². The van der Waals surface area contributed by atoms with E-state index in [2.05, 4.69) is 6.92 Å². The molecule has 0 unspecified atom stereocenters. The Hall–Kier alpha value is -0.530. The summed E-state index contributed by atoms with van der Waals surface area (Å²) in [5.74, 6) is -0.817. The molecule has 0 rings (SSSR count). The first-order valence-corrected chi connectivity index (χ1v) is 6.41. The molecule has 0 saturated heterocycles. The molecule has 0 saturated carbocycles. The third-order valence-electron chi connectivity index (χ3n) is 2.91. The zero-order valence-electron chi connectivity index (χ0n) is 10.3. The number of unbranched alkanes of at least 4 members (excludes halogenated alkanes) is 7. The highest BCUT2D eigenvalue weighted by Gasteiger charge is 2.09. The van der Waals surface area contributed by atoms with Gasteiger partial charge in [-0.15, -0.1) is 0 Å². The summed E-state index contributed by atoms with van der Waals surface area (Å²) in [6, 6.07) is 0. The van der Waals surface area contributed by atoms with Crippen molar-refractivity contribution in [3.05, 3.63) is 0 Å². The van der Waals surface area contributed by atoms with Crippen molar-refractivity contribution in [2.24, 2.45) is 5.92 Å². The van der Waals surface area contributed by atoms with Gasteiger partial charge in [0, 0.05) is 0 Å². The lowest BCUT2D eigenvalue weighted by Crippen LogP contribution is -2.08. The zero-order chi connectivity index (χ0) is 11.5. The molecule has 0 aliphatic rings. The third-order valence-corrected chi connectivity index (χ3v) is 2.91. The second-order valence-corrected chi connectivity index (χ2v) is 4.50. The molecule has 0 spiro atoms. The summed E-state index contributed by atoms with van der Waals surface area (Å²) >= 11 is 0. The minimum absolute atomic E-state index is 0.162. The van der Waals surface area contributed by atoms with Crippen LogP contribution in [0.2, 0.25) is 0 Å². The maximum Gasteiger partial charge on any atom is 0.306 e. The Bertz CT molecular complexity index is 155. The van der Waals surface area contributed by atoms with E-state index in [0.29, 0.717) is 0 Å². The Morgan fingerprint density at radius 3 is 1.93 bits per heavy atom. The Morgan fingerprint density at radius 2 is 1.47 bits per heavy atom. The Morgan fingerprint density at radius 1 is 1.00 bits per heavy atom. The van der Waals surface area contributed by atoms with Crippen molar-refractivity contribution in [2.45, 2.75) is 71.6 Å². The summed E-state index contributed by atoms with van der Waals surface area (Å²) in [6.07, 6.45) is 11.1. The van der Waals surface area contributed by atoms with Gasteiger partial charge < -0.3 is 5.11 Å². The third kappa shape index (κ3) is 9.77. The first kappa shape index (κ1) is 14.5. The van der Waals surface area contributed by atoms with Crippen LogP contribution in [0.4, 0.5) is 0 Å². The number of aliphatic carboxylic acids is 1. The fourth-order valence-corrected chi connectivity index (χ4v) is 1.71. The van der Waals surface area contributed by atoms with E-state index in [-0.39, 0.29) is 5.92 Å². The molecule has 0 aliphatic heterocycles. The minimum atomic E-state index is -0.655. The summed E-state index contributed by atoms with van der Waals surface area (Å²) in [4.78, 5) is 10.5. The lowest BCUT2D eigenvalue weighted by atomic mass is 10.0. The van der Waals surface area contributed by atoms with Gasteiger partial charge in [0.05, 0.1) is 5.92 Å². The van der Waals surface area contributed by atoms with Crippen molar-refractivity contribution in [2.75, 3.05) is 0 Å². The molecule has 0 aromatic heterocycles. The molecule has 90 valence electrons. The van der Waals surface area contributed by atoms with E-state index in [1.165, 1.54) is 44.9 Å². The predicted molar refractivity (Wildman–Crippen MR) is 64.0 cm³/mol. The highest BCUT2D eigenvalue weighted by atomic mass is 16.4. The van der Waals surface area contributed by atoms with Crippen LogP contribution in [0.5, 0.6) is 0 Å². The maximum atomic E-state index is 10.5. The molecule has 1 atom stereocenters. The Labute approximate surface area is 94.1 Å². The van der Waals surface area contributed by atoms with Gasteiger partial charge in [-0.3, -0.25) is 4.79 Å². The van der Waals surface area contributed by atoms with Crippen LogP contribution in [-0.4, -0.2) is 11.1 Å². The van der Waals surface area contributed by atoms with Gasteiger partial charge >= 0.3 is 5.97 Å². The van der Waals surface area contributed by atoms with Crippen LogP contribution in [0.1, 0.15) is 71.6 Å². The fraction of sp³-hybridized carbons (Fsp3) is 0.923. The monoisotopic (exact) mass is 214 g/mol. The van der Waals surface area contributed by atoms with Gasteiger partial charge in [-0.05, 0) is 6.42 Å². The number of carboxylic acids is 1. The minimum Gasteiger partial charge on any atom is -0.481 e. The number of carboxylic acid groups (broad SMARTS) is 1. The molecule has 0 heterocycles. The average Bonchev–Trinajstić information content (AvgIpc) is 2.21. The molecule has 1 N–H and O–H groups in total. The van der Waals surface area contributed by atoms with E-state index < -0.39 is 5.97 Å². The van der Waals surface area contributed by atoms with E-state index in [0.717, 1.165) is 12.8 Å². The van der Waals surface area contributed by atoms with Crippen molar-refractivity contribution in [1.29, 1.82) is 0 Å². The summed E-state index contributed by atoms with van der Waals surface area (Å²) in [7, 11) is 0. The highest BCUT2D eigenvalue weighted by molar-refractivity contribution is 5.69. The topological polar surface area (TPSA) is 37.3 Å². The van der Waals surface area contributed by atoms with Gasteiger partial charge in [0.1, 0.15) is 0 Å².